The van der Waals surface area contributed by atoms with E-state index in [1.54, 1.807) is 37.3 Å². The van der Waals surface area contributed by atoms with Crippen molar-refractivity contribution in [2.24, 2.45) is 5.10 Å². The van der Waals surface area contributed by atoms with Crippen molar-refractivity contribution in [1.82, 2.24) is 5.43 Å². The zero-order valence-corrected chi connectivity index (χ0v) is 19.2. The number of amides is 1. The quantitative estimate of drug-likeness (QED) is 0.271. The zero-order valence-electron chi connectivity index (χ0n) is 17.6. The van der Waals surface area contributed by atoms with Gasteiger partial charge in [-0.2, -0.15) is 26.7 Å². The van der Waals surface area contributed by atoms with E-state index in [2.05, 4.69) is 10.5 Å². The number of hydrogen-bond donors (Lipinski definition) is 1. The third-order valence-corrected chi connectivity index (χ3v) is 5.97. The summed E-state index contributed by atoms with van der Waals surface area (Å²) < 4.78 is 68.6. The summed E-state index contributed by atoms with van der Waals surface area (Å²) in [6, 6.07) is 14.3. The Balaban J connectivity index is 1.74. The monoisotopic (exact) mass is 510 g/mol. The van der Waals surface area contributed by atoms with Gasteiger partial charge in [0, 0.05) is 10.6 Å². The van der Waals surface area contributed by atoms with Crippen LogP contribution in [0.15, 0.2) is 76.7 Å². The molecule has 3 aromatic rings. The summed E-state index contributed by atoms with van der Waals surface area (Å²) in [5, 5.41) is 4.32. The van der Waals surface area contributed by atoms with Gasteiger partial charge in [0.05, 0.1) is 18.2 Å². The van der Waals surface area contributed by atoms with Crippen LogP contribution in [0.3, 0.4) is 0 Å². The first-order valence-corrected chi connectivity index (χ1v) is 11.5. The molecule has 0 aliphatic rings. The normalized spacial score (nSPS) is 12.0. The van der Waals surface area contributed by atoms with Crippen molar-refractivity contribution in [3.63, 3.8) is 0 Å². The third kappa shape index (κ3) is 6.82. The minimum absolute atomic E-state index is 0.0253. The highest BCUT2D eigenvalue weighted by Gasteiger charge is 2.31. The van der Waals surface area contributed by atoms with Crippen LogP contribution < -0.4 is 9.61 Å². The molecule has 0 aliphatic carbocycles. The summed E-state index contributed by atoms with van der Waals surface area (Å²) in [5.41, 5.74) is 2.92. The van der Waals surface area contributed by atoms with Crippen molar-refractivity contribution in [3.05, 3.63) is 94.0 Å². The van der Waals surface area contributed by atoms with Gasteiger partial charge in [-0.3, -0.25) is 4.79 Å². The van der Waals surface area contributed by atoms with E-state index in [-0.39, 0.29) is 17.7 Å². The van der Waals surface area contributed by atoms with Crippen LogP contribution in [-0.4, -0.2) is 20.5 Å². The number of aryl methyl sites for hydroxylation is 1. The summed E-state index contributed by atoms with van der Waals surface area (Å²) in [5.74, 6) is -0.529. The highest BCUT2D eigenvalue weighted by atomic mass is 35.5. The molecule has 11 heteroatoms. The van der Waals surface area contributed by atoms with Gasteiger partial charge in [0.1, 0.15) is 4.90 Å². The number of halogens is 4. The lowest BCUT2D eigenvalue weighted by molar-refractivity contribution is -0.137. The number of alkyl halides is 3. The number of benzene rings is 3. The molecule has 3 aromatic carbocycles. The molecule has 6 nitrogen and oxygen atoms in total. The summed E-state index contributed by atoms with van der Waals surface area (Å²) in [6.45, 7) is 1.70. The number of nitrogens with one attached hydrogen (secondary N) is 1. The van der Waals surface area contributed by atoms with E-state index in [0.717, 1.165) is 12.1 Å². The maximum atomic E-state index is 12.7. The molecule has 0 aromatic heterocycles. The van der Waals surface area contributed by atoms with E-state index in [4.69, 9.17) is 15.8 Å². The topological polar surface area (TPSA) is 84.8 Å². The smallest absolute Gasteiger partial charge is 0.378 e. The number of nitrogens with zero attached hydrogens (tertiary/aromatic N) is 1. The average molecular weight is 511 g/mol. The van der Waals surface area contributed by atoms with Gasteiger partial charge in [-0.05, 0) is 66.6 Å². The maximum Gasteiger partial charge on any atom is 0.416 e. The van der Waals surface area contributed by atoms with Gasteiger partial charge < -0.3 is 4.18 Å². The van der Waals surface area contributed by atoms with Crippen LogP contribution in [0.4, 0.5) is 13.2 Å². The van der Waals surface area contributed by atoms with Crippen LogP contribution in [0.2, 0.25) is 5.02 Å². The van der Waals surface area contributed by atoms with Crippen LogP contribution in [0, 0.1) is 6.92 Å². The maximum absolute atomic E-state index is 12.7. The van der Waals surface area contributed by atoms with Gasteiger partial charge in [-0.1, -0.05) is 29.8 Å². The van der Waals surface area contributed by atoms with Crippen LogP contribution in [0.25, 0.3) is 0 Å². The largest absolute Gasteiger partial charge is 0.416 e. The lowest BCUT2D eigenvalue weighted by atomic mass is 10.1. The first kappa shape index (κ1) is 25.3. The molecule has 0 heterocycles. The van der Waals surface area contributed by atoms with Crippen LogP contribution in [0.1, 0.15) is 22.3 Å². The average Bonchev–Trinajstić information content (AvgIpc) is 2.74. The SMILES string of the molecule is Cc1ccc(/C=N/NC(=O)Cc2cccc(Cl)c2)c(OS(=O)(=O)c2ccc(C(F)(F)F)cc2)c1. The van der Waals surface area contributed by atoms with Gasteiger partial charge in [-0.25, -0.2) is 5.43 Å². The number of carbonyl (C=O) groups excluding carboxylic acids is 1. The van der Waals surface area contributed by atoms with E-state index < -0.39 is 32.7 Å². The molecule has 0 radical (unpaired) electrons. The molecule has 0 fully saturated rings. The van der Waals surface area contributed by atoms with E-state index >= 15 is 0 Å². The summed E-state index contributed by atoms with van der Waals surface area (Å²) in [6.07, 6.45) is -3.37. The van der Waals surface area contributed by atoms with Gasteiger partial charge in [0.2, 0.25) is 5.91 Å². The minimum Gasteiger partial charge on any atom is -0.378 e. The van der Waals surface area contributed by atoms with Crippen molar-refractivity contribution < 1.29 is 30.6 Å². The second-order valence-electron chi connectivity index (χ2n) is 7.20. The lowest BCUT2D eigenvalue weighted by Gasteiger charge is -2.11. The second-order valence-corrected chi connectivity index (χ2v) is 9.18. The van der Waals surface area contributed by atoms with Crippen molar-refractivity contribution in [2.45, 2.75) is 24.4 Å². The second kappa shape index (κ2) is 10.3. The molecule has 1 N–H and O–H groups in total. The molecule has 3 rings (SSSR count). The van der Waals surface area contributed by atoms with Crippen molar-refractivity contribution >= 4 is 33.8 Å². The number of rotatable bonds is 7. The highest BCUT2D eigenvalue weighted by molar-refractivity contribution is 7.87. The van der Waals surface area contributed by atoms with Crippen molar-refractivity contribution in [1.29, 1.82) is 0 Å². The molecule has 0 bridgehead atoms. The predicted molar refractivity (Wildman–Crippen MR) is 121 cm³/mol. The van der Waals surface area contributed by atoms with Gasteiger partial charge in [0.25, 0.3) is 0 Å². The number of hydrazone groups is 1. The van der Waals surface area contributed by atoms with E-state index in [0.29, 0.717) is 28.3 Å². The molecule has 1 amide bonds. The molecular formula is C23H18ClF3N2O4S. The molecule has 0 atom stereocenters. The Morgan fingerprint density at radius 1 is 1.09 bits per heavy atom. The van der Waals surface area contributed by atoms with Crippen LogP contribution in [0.5, 0.6) is 5.75 Å². The fourth-order valence-electron chi connectivity index (χ4n) is 2.84. The third-order valence-electron chi connectivity index (χ3n) is 4.49. The standard InChI is InChI=1S/C23H18ClF3N2O4S/c1-15-5-6-17(14-28-29-22(30)13-16-3-2-4-19(24)12-16)21(11-15)33-34(31,32)20-9-7-18(8-10-20)23(25,26)27/h2-12,14H,13H2,1H3,(H,29,30)/b28-14+. The Morgan fingerprint density at radius 3 is 2.44 bits per heavy atom. The predicted octanol–water partition coefficient (Wildman–Crippen LogP) is 5.13. The first-order chi connectivity index (χ1) is 15.9. The Morgan fingerprint density at radius 2 is 1.79 bits per heavy atom. The summed E-state index contributed by atoms with van der Waals surface area (Å²) in [7, 11) is -4.43. The van der Waals surface area contributed by atoms with E-state index in [1.165, 1.54) is 18.3 Å². The Hall–Kier alpha value is -3.37. The molecule has 178 valence electrons. The van der Waals surface area contributed by atoms with Crippen molar-refractivity contribution in [3.8, 4) is 5.75 Å². The molecule has 0 aliphatic heterocycles. The van der Waals surface area contributed by atoms with Crippen LogP contribution >= 0.6 is 11.6 Å². The minimum atomic E-state index is -4.60. The Bertz CT molecular complexity index is 1320. The molecule has 0 saturated carbocycles. The van der Waals surface area contributed by atoms with Gasteiger partial charge >= 0.3 is 16.3 Å². The van der Waals surface area contributed by atoms with Crippen molar-refractivity contribution in [2.75, 3.05) is 0 Å². The molecular weight excluding hydrogens is 493 g/mol. The molecule has 0 saturated heterocycles. The highest BCUT2D eigenvalue weighted by Crippen LogP contribution is 2.30. The van der Waals surface area contributed by atoms with E-state index in [1.807, 2.05) is 0 Å². The zero-order chi connectivity index (χ0) is 24.9. The van der Waals surface area contributed by atoms with Crippen LogP contribution in [-0.2, 0) is 27.5 Å². The van der Waals surface area contributed by atoms with E-state index in [9.17, 15) is 26.4 Å². The number of carbonyl (C=O) groups is 1. The Kier molecular flexibility index (Phi) is 7.63. The molecule has 0 unspecified atom stereocenters. The Labute approximate surface area is 199 Å². The summed E-state index contributed by atoms with van der Waals surface area (Å²) >= 11 is 5.89. The fourth-order valence-corrected chi connectivity index (χ4v) is 4.00. The first-order valence-electron chi connectivity index (χ1n) is 9.73. The lowest BCUT2D eigenvalue weighted by Crippen LogP contribution is -2.20. The van der Waals surface area contributed by atoms with Gasteiger partial charge in [0.15, 0.2) is 5.75 Å². The number of hydrogen-bond acceptors (Lipinski definition) is 5. The molecule has 34 heavy (non-hydrogen) atoms. The fraction of sp³-hybridized carbons (Fsp3) is 0.130. The molecule has 0 spiro atoms. The van der Waals surface area contributed by atoms with Gasteiger partial charge in [-0.15, -0.1) is 0 Å². The summed E-state index contributed by atoms with van der Waals surface area (Å²) in [4.78, 5) is 11.6.